The summed E-state index contributed by atoms with van der Waals surface area (Å²) in [6.45, 7) is 8.79. The zero-order chi connectivity index (χ0) is 8.74. The Balaban J connectivity index is 3.30. The zero-order valence-electron chi connectivity index (χ0n) is 7.26. The molecule has 11 heavy (non-hydrogen) atoms. The Morgan fingerprint density at radius 1 is 1.64 bits per heavy atom. The predicted molar refractivity (Wildman–Crippen MR) is 52.0 cm³/mol. The summed E-state index contributed by atoms with van der Waals surface area (Å²) in [5, 5.41) is 3.30. The van der Waals surface area contributed by atoms with Gasteiger partial charge in [-0.05, 0) is 38.9 Å². The van der Waals surface area contributed by atoms with Gasteiger partial charge in [0.15, 0.2) is 0 Å². The van der Waals surface area contributed by atoms with E-state index in [-0.39, 0.29) is 5.54 Å². The summed E-state index contributed by atoms with van der Waals surface area (Å²) in [4.78, 5) is 0. The molecule has 0 bridgehead atoms. The topological polar surface area (TPSA) is 32.3 Å². The monoisotopic (exact) mass is 175 g/mol. The second-order valence-electron chi connectivity index (χ2n) is 3.04. The molecule has 0 aliphatic carbocycles. The average Bonchev–Trinajstić information content (AvgIpc) is 1.99. The first-order valence-corrected chi connectivity index (χ1v) is 4.71. The van der Waals surface area contributed by atoms with Crippen LogP contribution < -0.4 is 5.32 Å². The third kappa shape index (κ3) is 6.41. The fourth-order valence-corrected chi connectivity index (χ4v) is 0.893. The Kier molecular flexibility index (Phi) is 5.64. The van der Waals surface area contributed by atoms with Crippen molar-refractivity contribution >= 4 is 12.0 Å². The van der Waals surface area contributed by atoms with Crippen LogP contribution in [0.4, 0.5) is 0 Å². The highest BCUT2D eigenvalue weighted by Crippen LogP contribution is 2.02. The molecule has 0 fully saturated rings. The van der Waals surface area contributed by atoms with Crippen molar-refractivity contribution in [1.82, 2.24) is 5.32 Å². The molecule has 0 aromatic heterocycles. The maximum absolute atomic E-state index is 8.42. The lowest BCUT2D eigenvalue weighted by molar-refractivity contribution is 0.476. The lowest BCUT2D eigenvalue weighted by atomic mass is 10.1. The molecule has 3 heteroatoms. The van der Waals surface area contributed by atoms with Crippen LogP contribution in [0.1, 0.15) is 20.3 Å². The predicted octanol–water partition coefficient (Wildman–Crippen LogP) is 2.14. The Hall–Kier alpha value is 0.01000. The maximum atomic E-state index is 8.42. The van der Waals surface area contributed by atoms with Gasteiger partial charge in [0, 0.05) is 11.3 Å². The molecule has 0 spiro atoms. The van der Waals surface area contributed by atoms with Crippen molar-refractivity contribution < 1.29 is 4.55 Å². The highest BCUT2D eigenvalue weighted by Gasteiger charge is 2.09. The van der Waals surface area contributed by atoms with Gasteiger partial charge >= 0.3 is 0 Å². The first-order valence-electron chi connectivity index (χ1n) is 3.77. The molecule has 0 heterocycles. The molecule has 2 nitrogen and oxygen atoms in total. The Bertz CT molecular complexity index is 115. The minimum absolute atomic E-state index is 0.0140. The molecular weight excluding hydrogens is 158 g/mol. The highest BCUT2D eigenvalue weighted by molar-refractivity contribution is 7.93. The van der Waals surface area contributed by atoms with Crippen LogP contribution in [0.3, 0.4) is 0 Å². The largest absolute Gasteiger partial charge is 0.330 e. The molecule has 0 saturated carbocycles. The van der Waals surface area contributed by atoms with E-state index in [1.165, 1.54) is 0 Å². The van der Waals surface area contributed by atoms with Crippen LogP contribution in [0.15, 0.2) is 12.7 Å². The Morgan fingerprint density at radius 2 is 2.27 bits per heavy atom. The molecule has 0 radical (unpaired) electrons. The second-order valence-corrected chi connectivity index (χ2v) is 3.71. The van der Waals surface area contributed by atoms with Crippen molar-refractivity contribution in [3.63, 3.8) is 0 Å². The van der Waals surface area contributed by atoms with Gasteiger partial charge in [-0.25, -0.2) is 0 Å². The molecule has 2 N–H and O–H groups in total. The molecule has 0 saturated heterocycles. The molecule has 0 aliphatic rings. The van der Waals surface area contributed by atoms with Crippen LogP contribution in [-0.2, 0) is 0 Å². The minimum atomic E-state index is 0.0140. The third-order valence-corrected chi connectivity index (χ3v) is 1.97. The van der Waals surface area contributed by atoms with E-state index in [9.17, 15) is 0 Å². The SMILES string of the molecule is C=CC(C)(C)NCCCSO. The van der Waals surface area contributed by atoms with Gasteiger partial charge in [-0.1, -0.05) is 6.08 Å². The van der Waals surface area contributed by atoms with E-state index in [0.29, 0.717) is 0 Å². The standard InChI is InChI=1S/C8H17NOS/c1-4-8(2,3)9-6-5-7-11-10/h4,9-10H,1,5-7H2,2-3H3. The summed E-state index contributed by atoms with van der Waals surface area (Å²) in [7, 11) is 0. The van der Waals surface area contributed by atoms with Crippen molar-refractivity contribution in [2.45, 2.75) is 25.8 Å². The third-order valence-electron chi connectivity index (χ3n) is 1.50. The normalized spacial score (nSPS) is 11.5. The summed E-state index contributed by atoms with van der Waals surface area (Å²) >= 11 is 0.894. The summed E-state index contributed by atoms with van der Waals surface area (Å²) in [6, 6.07) is 0. The smallest absolute Gasteiger partial charge is 0.0304 e. The number of hydrogen-bond acceptors (Lipinski definition) is 3. The van der Waals surface area contributed by atoms with Crippen molar-refractivity contribution in [3.8, 4) is 0 Å². The number of rotatable bonds is 6. The molecule has 66 valence electrons. The molecular formula is C8H17NOS. The molecule has 0 unspecified atom stereocenters. The Morgan fingerprint density at radius 3 is 2.73 bits per heavy atom. The van der Waals surface area contributed by atoms with Crippen molar-refractivity contribution in [1.29, 1.82) is 0 Å². The molecule has 0 amide bonds. The summed E-state index contributed by atoms with van der Waals surface area (Å²) in [6.07, 6.45) is 2.87. The van der Waals surface area contributed by atoms with E-state index in [0.717, 1.165) is 30.8 Å². The van der Waals surface area contributed by atoms with Gasteiger partial charge < -0.3 is 9.87 Å². The van der Waals surface area contributed by atoms with E-state index < -0.39 is 0 Å². The fraction of sp³-hybridized carbons (Fsp3) is 0.750. The van der Waals surface area contributed by atoms with E-state index in [4.69, 9.17) is 4.55 Å². The molecule has 0 rings (SSSR count). The minimum Gasteiger partial charge on any atom is -0.330 e. The molecule has 0 aliphatic heterocycles. The van der Waals surface area contributed by atoms with Crippen molar-refractivity contribution in [3.05, 3.63) is 12.7 Å². The van der Waals surface area contributed by atoms with Gasteiger partial charge in [-0.2, -0.15) is 0 Å². The number of hydrogen-bond donors (Lipinski definition) is 2. The van der Waals surface area contributed by atoms with Gasteiger partial charge in [0.25, 0.3) is 0 Å². The van der Waals surface area contributed by atoms with Gasteiger partial charge in [0.1, 0.15) is 0 Å². The first kappa shape index (κ1) is 11.0. The molecule has 0 atom stereocenters. The highest BCUT2D eigenvalue weighted by atomic mass is 32.2. The van der Waals surface area contributed by atoms with Gasteiger partial charge in [0.2, 0.25) is 0 Å². The second kappa shape index (κ2) is 5.63. The van der Waals surface area contributed by atoms with Gasteiger partial charge in [-0.15, -0.1) is 6.58 Å². The van der Waals surface area contributed by atoms with Gasteiger partial charge in [0.05, 0.1) is 0 Å². The van der Waals surface area contributed by atoms with Crippen molar-refractivity contribution in [2.75, 3.05) is 12.3 Å². The summed E-state index contributed by atoms with van der Waals surface area (Å²) in [5.41, 5.74) is 0.0140. The molecule has 0 aromatic carbocycles. The lowest BCUT2D eigenvalue weighted by Gasteiger charge is -2.21. The molecule has 0 aromatic rings. The van der Waals surface area contributed by atoms with E-state index in [1.54, 1.807) is 0 Å². The Labute approximate surface area is 73.3 Å². The van der Waals surface area contributed by atoms with Crippen LogP contribution in [-0.4, -0.2) is 22.4 Å². The first-order chi connectivity index (χ1) is 5.12. The van der Waals surface area contributed by atoms with Crippen LogP contribution in [0, 0.1) is 0 Å². The quantitative estimate of drug-likeness (QED) is 0.368. The van der Waals surface area contributed by atoms with E-state index in [2.05, 4.69) is 25.7 Å². The fourth-order valence-electron chi connectivity index (χ4n) is 0.619. The van der Waals surface area contributed by atoms with Crippen LogP contribution in [0.5, 0.6) is 0 Å². The van der Waals surface area contributed by atoms with Crippen LogP contribution >= 0.6 is 12.0 Å². The van der Waals surface area contributed by atoms with Crippen LogP contribution in [0.25, 0.3) is 0 Å². The van der Waals surface area contributed by atoms with E-state index in [1.807, 2.05) is 6.08 Å². The maximum Gasteiger partial charge on any atom is 0.0304 e. The average molecular weight is 175 g/mol. The lowest BCUT2D eigenvalue weighted by Crippen LogP contribution is -2.37. The van der Waals surface area contributed by atoms with Crippen LogP contribution in [0.2, 0.25) is 0 Å². The summed E-state index contributed by atoms with van der Waals surface area (Å²) in [5.74, 6) is 0.792. The van der Waals surface area contributed by atoms with Crippen molar-refractivity contribution in [2.24, 2.45) is 0 Å². The zero-order valence-corrected chi connectivity index (χ0v) is 8.08. The van der Waals surface area contributed by atoms with E-state index >= 15 is 0 Å². The summed E-state index contributed by atoms with van der Waals surface area (Å²) < 4.78 is 8.42. The van der Waals surface area contributed by atoms with Gasteiger partial charge in [-0.3, -0.25) is 0 Å². The number of nitrogens with one attached hydrogen (secondary N) is 1.